The van der Waals surface area contributed by atoms with Crippen molar-refractivity contribution in [1.29, 1.82) is 0 Å². The molecule has 1 heterocycles. The summed E-state index contributed by atoms with van der Waals surface area (Å²) in [5, 5.41) is 21.6. The first-order valence-electron chi connectivity index (χ1n) is 7.60. The van der Waals surface area contributed by atoms with Gasteiger partial charge >= 0.3 is 5.97 Å². The van der Waals surface area contributed by atoms with Crippen LogP contribution in [0.15, 0.2) is 42.5 Å². The summed E-state index contributed by atoms with van der Waals surface area (Å²) in [6.45, 7) is 0.233. The van der Waals surface area contributed by atoms with E-state index in [1.165, 1.54) is 25.3 Å². The zero-order chi connectivity index (χ0) is 18.7. The average Bonchev–Trinajstić information content (AvgIpc) is 2.67. The van der Waals surface area contributed by atoms with Gasteiger partial charge in [0, 0.05) is 17.0 Å². The summed E-state index contributed by atoms with van der Waals surface area (Å²) in [7, 11) is 1.26. The maximum atomic E-state index is 12.3. The Morgan fingerprint density at radius 2 is 1.88 bits per heavy atom. The second-order valence-corrected chi connectivity index (χ2v) is 5.87. The van der Waals surface area contributed by atoms with E-state index in [0.717, 1.165) is 5.56 Å². The summed E-state index contributed by atoms with van der Waals surface area (Å²) < 4.78 is 4.65. The molecule has 132 valence electrons. The van der Waals surface area contributed by atoms with Crippen LogP contribution in [0.25, 0.3) is 10.9 Å². The lowest BCUT2D eigenvalue weighted by atomic mass is 10.1. The predicted molar refractivity (Wildman–Crippen MR) is 95.2 cm³/mol. The lowest BCUT2D eigenvalue weighted by Crippen LogP contribution is -2.24. The Kier molecular flexibility index (Phi) is 4.99. The number of methoxy groups -OCH3 is 1. The smallest absolute Gasteiger partial charge is 0.337 e. The molecule has 0 aliphatic rings. The number of ether oxygens (including phenoxy) is 1. The molecule has 1 amide bonds. The quantitative estimate of drug-likeness (QED) is 0.684. The number of nitrogens with zero attached hydrogens (tertiary/aromatic N) is 2. The molecule has 2 aromatic carbocycles. The van der Waals surface area contributed by atoms with Gasteiger partial charge in [-0.25, -0.2) is 4.79 Å². The highest BCUT2D eigenvalue weighted by molar-refractivity contribution is 6.30. The summed E-state index contributed by atoms with van der Waals surface area (Å²) in [4.78, 5) is 24.0. The Morgan fingerprint density at radius 3 is 2.58 bits per heavy atom. The molecule has 0 bridgehead atoms. The molecule has 0 aliphatic heterocycles. The number of hydrogen-bond donors (Lipinski definition) is 2. The van der Waals surface area contributed by atoms with E-state index in [4.69, 9.17) is 11.6 Å². The molecule has 1 aromatic heterocycles. The molecule has 0 radical (unpaired) electrons. The topological polar surface area (TPSA) is 101 Å². The molecule has 26 heavy (non-hydrogen) atoms. The summed E-state index contributed by atoms with van der Waals surface area (Å²) in [6, 6.07) is 11.4. The van der Waals surface area contributed by atoms with Crippen molar-refractivity contribution in [2.24, 2.45) is 0 Å². The number of benzene rings is 2. The van der Waals surface area contributed by atoms with Crippen LogP contribution in [0.3, 0.4) is 0 Å². The third-order valence-electron chi connectivity index (χ3n) is 3.74. The first-order chi connectivity index (χ1) is 12.5. The Balaban J connectivity index is 1.86. The molecule has 0 spiro atoms. The zero-order valence-corrected chi connectivity index (χ0v) is 14.4. The Hall–Kier alpha value is -3.19. The molecule has 0 saturated carbocycles. The van der Waals surface area contributed by atoms with Gasteiger partial charge in [0.05, 0.1) is 18.2 Å². The van der Waals surface area contributed by atoms with E-state index >= 15 is 0 Å². The van der Waals surface area contributed by atoms with Crippen LogP contribution in [-0.2, 0) is 11.3 Å². The van der Waals surface area contributed by atoms with Crippen molar-refractivity contribution in [2.75, 3.05) is 7.11 Å². The highest BCUT2D eigenvalue weighted by atomic mass is 35.5. The van der Waals surface area contributed by atoms with Crippen LogP contribution in [0.5, 0.6) is 5.75 Å². The normalized spacial score (nSPS) is 10.5. The number of hydrogen-bond acceptors (Lipinski definition) is 6. The first kappa shape index (κ1) is 17.6. The van der Waals surface area contributed by atoms with Crippen LogP contribution in [0.2, 0.25) is 5.02 Å². The van der Waals surface area contributed by atoms with Gasteiger partial charge < -0.3 is 15.2 Å². The fourth-order valence-electron chi connectivity index (χ4n) is 2.36. The number of nitrogens with one attached hydrogen (secondary N) is 1. The standard InChI is InChI=1S/C18H14ClN3O4/c1-26-18(25)11-4-7-14-13(8-11)16(23)15(22-21-14)17(24)20-9-10-2-5-12(19)6-3-10/h2-8H,9H2,1H3,(H,20,24)(H,21,23). The SMILES string of the molecule is COC(=O)c1ccc2nnc(C(=O)NCc3ccc(Cl)cc3)c(O)c2c1. The second kappa shape index (κ2) is 7.37. The van der Waals surface area contributed by atoms with E-state index < -0.39 is 11.9 Å². The van der Waals surface area contributed by atoms with Crippen molar-refractivity contribution in [1.82, 2.24) is 15.5 Å². The monoisotopic (exact) mass is 371 g/mol. The molecular weight excluding hydrogens is 358 g/mol. The van der Waals surface area contributed by atoms with Crippen molar-refractivity contribution < 1.29 is 19.4 Å². The van der Waals surface area contributed by atoms with Crippen LogP contribution in [0.4, 0.5) is 0 Å². The molecule has 0 fully saturated rings. The summed E-state index contributed by atoms with van der Waals surface area (Å²) >= 11 is 5.82. The number of fused-ring (bicyclic) bond motifs is 1. The van der Waals surface area contributed by atoms with Gasteiger partial charge in [-0.1, -0.05) is 23.7 Å². The second-order valence-electron chi connectivity index (χ2n) is 5.43. The molecule has 0 unspecified atom stereocenters. The molecule has 8 heteroatoms. The van der Waals surface area contributed by atoms with Crippen LogP contribution in [-0.4, -0.2) is 34.3 Å². The van der Waals surface area contributed by atoms with Gasteiger partial charge in [0.1, 0.15) is 0 Å². The third-order valence-corrected chi connectivity index (χ3v) is 3.99. The van der Waals surface area contributed by atoms with Crippen LogP contribution < -0.4 is 5.32 Å². The number of rotatable bonds is 4. The van der Waals surface area contributed by atoms with Crippen molar-refractivity contribution in [3.8, 4) is 5.75 Å². The molecule has 0 saturated heterocycles. The molecule has 7 nitrogen and oxygen atoms in total. The van der Waals surface area contributed by atoms with E-state index in [9.17, 15) is 14.7 Å². The number of aromatic nitrogens is 2. The van der Waals surface area contributed by atoms with E-state index in [2.05, 4.69) is 20.3 Å². The van der Waals surface area contributed by atoms with Crippen LogP contribution >= 0.6 is 11.6 Å². The van der Waals surface area contributed by atoms with Crippen molar-refractivity contribution >= 4 is 34.4 Å². The van der Waals surface area contributed by atoms with Crippen molar-refractivity contribution in [2.45, 2.75) is 6.54 Å². The highest BCUT2D eigenvalue weighted by Gasteiger charge is 2.18. The van der Waals surface area contributed by atoms with Crippen LogP contribution in [0.1, 0.15) is 26.4 Å². The van der Waals surface area contributed by atoms with E-state index in [1.807, 2.05) is 0 Å². The number of halogens is 1. The minimum absolute atomic E-state index is 0.228. The number of esters is 1. The van der Waals surface area contributed by atoms with Gasteiger partial charge in [0.2, 0.25) is 0 Å². The maximum Gasteiger partial charge on any atom is 0.337 e. The van der Waals surface area contributed by atoms with Gasteiger partial charge in [-0.05, 0) is 35.9 Å². The Morgan fingerprint density at radius 1 is 1.15 bits per heavy atom. The lowest BCUT2D eigenvalue weighted by molar-refractivity contribution is 0.0600. The van der Waals surface area contributed by atoms with Gasteiger partial charge in [-0.3, -0.25) is 4.79 Å². The van der Waals surface area contributed by atoms with Crippen LogP contribution in [0, 0.1) is 0 Å². The van der Waals surface area contributed by atoms with Gasteiger partial charge in [0.25, 0.3) is 5.91 Å². The Bertz CT molecular complexity index is 990. The fraction of sp³-hybridized carbons (Fsp3) is 0.111. The third kappa shape index (κ3) is 3.57. The summed E-state index contributed by atoms with van der Waals surface area (Å²) in [6.07, 6.45) is 0. The Labute approximate surface area is 153 Å². The molecule has 0 atom stereocenters. The highest BCUT2D eigenvalue weighted by Crippen LogP contribution is 2.26. The lowest BCUT2D eigenvalue weighted by Gasteiger charge is -2.08. The maximum absolute atomic E-state index is 12.3. The van der Waals surface area contributed by atoms with E-state index in [-0.39, 0.29) is 28.9 Å². The molecular formula is C18H14ClN3O4. The number of carbonyl (C=O) groups is 2. The number of carbonyl (C=O) groups excluding carboxylic acids is 2. The zero-order valence-electron chi connectivity index (χ0n) is 13.7. The van der Waals surface area contributed by atoms with E-state index in [1.54, 1.807) is 24.3 Å². The molecule has 0 aliphatic carbocycles. The molecule has 2 N–H and O–H groups in total. The van der Waals surface area contributed by atoms with E-state index in [0.29, 0.717) is 10.5 Å². The number of amides is 1. The largest absolute Gasteiger partial charge is 0.505 e. The molecule has 3 rings (SSSR count). The summed E-state index contributed by atoms with van der Waals surface area (Å²) in [5.74, 6) is -1.50. The van der Waals surface area contributed by atoms with Crippen molar-refractivity contribution in [3.63, 3.8) is 0 Å². The van der Waals surface area contributed by atoms with Crippen molar-refractivity contribution in [3.05, 3.63) is 64.3 Å². The fourth-order valence-corrected chi connectivity index (χ4v) is 2.48. The minimum atomic E-state index is -0.588. The predicted octanol–water partition coefficient (Wildman–Crippen LogP) is 2.71. The minimum Gasteiger partial charge on any atom is -0.505 e. The van der Waals surface area contributed by atoms with Gasteiger partial charge in [-0.2, -0.15) is 0 Å². The molecule has 3 aromatic rings. The summed E-state index contributed by atoms with van der Waals surface area (Å²) in [5.41, 5.74) is 1.19. The van der Waals surface area contributed by atoms with Gasteiger partial charge in [0.15, 0.2) is 11.4 Å². The number of aromatic hydroxyl groups is 1. The average molecular weight is 372 g/mol. The van der Waals surface area contributed by atoms with Gasteiger partial charge in [-0.15, -0.1) is 10.2 Å². The first-order valence-corrected chi connectivity index (χ1v) is 7.97.